The van der Waals surface area contributed by atoms with Gasteiger partial charge >= 0.3 is 6.03 Å². The van der Waals surface area contributed by atoms with Gasteiger partial charge in [0.1, 0.15) is 11.2 Å². The largest absolute Gasteiger partial charge is 0.469 e. The van der Waals surface area contributed by atoms with Crippen molar-refractivity contribution < 1.29 is 19.1 Å². The summed E-state index contributed by atoms with van der Waals surface area (Å²) in [7, 11) is 1.78. The highest BCUT2D eigenvalue weighted by Crippen LogP contribution is 2.37. The van der Waals surface area contributed by atoms with Crippen LogP contribution in [0.2, 0.25) is 0 Å². The molecule has 0 spiro atoms. The highest BCUT2D eigenvalue weighted by Gasteiger charge is 2.39. The van der Waals surface area contributed by atoms with Gasteiger partial charge in [-0.3, -0.25) is 14.8 Å². The third kappa shape index (κ3) is 5.18. The molecule has 3 aromatic rings. The van der Waals surface area contributed by atoms with Gasteiger partial charge in [-0.15, -0.1) is 0 Å². The lowest BCUT2D eigenvalue weighted by Crippen LogP contribution is -2.43. The van der Waals surface area contributed by atoms with Crippen LogP contribution in [0.5, 0.6) is 5.88 Å². The topological polar surface area (TPSA) is 127 Å². The zero-order chi connectivity index (χ0) is 28.0. The maximum atomic E-state index is 13.8. The summed E-state index contributed by atoms with van der Waals surface area (Å²) in [4.78, 5) is 39.9. The van der Waals surface area contributed by atoms with Crippen molar-refractivity contribution >= 4 is 29.4 Å². The van der Waals surface area contributed by atoms with Crippen LogP contribution in [-0.4, -0.2) is 80.6 Å². The van der Waals surface area contributed by atoms with Crippen LogP contribution in [0.25, 0.3) is 11.3 Å². The summed E-state index contributed by atoms with van der Waals surface area (Å²) < 4.78 is 14.0. The summed E-state index contributed by atoms with van der Waals surface area (Å²) in [6.45, 7) is 8.24. The Bertz CT molecular complexity index is 1420. The number of likely N-dealkylation sites (N-methyl/N-ethyl adjacent to an activating group) is 1. The number of urea groups is 1. The maximum Gasteiger partial charge on any atom is 0.324 e. The molecule has 6 rings (SSSR count). The van der Waals surface area contributed by atoms with E-state index < -0.39 is 11.6 Å². The second-order valence-electron chi connectivity index (χ2n) is 11.1. The number of nitrogens with zero attached hydrogens (tertiary/aromatic N) is 6. The van der Waals surface area contributed by atoms with E-state index in [0.29, 0.717) is 60.8 Å². The minimum Gasteiger partial charge on any atom is -0.469 e. The molecule has 2 saturated heterocycles. The average Bonchev–Trinajstić information content (AvgIpc) is 3.46. The Labute approximate surface area is 232 Å². The molecule has 2 unspecified atom stereocenters. The summed E-state index contributed by atoms with van der Waals surface area (Å²) in [6, 6.07) is 8.54. The number of carbonyl (C=O) groups is 2. The average molecular weight is 547 g/mol. The lowest BCUT2D eigenvalue weighted by molar-refractivity contribution is 0.0297. The molecule has 12 nitrogen and oxygen atoms in total. The van der Waals surface area contributed by atoms with E-state index in [0.717, 1.165) is 18.4 Å². The molecule has 2 bridgehead atoms. The van der Waals surface area contributed by atoms with E-state index in [-0.39, 0.29) is 18.1 Å². The summed E-state index contributed by atoms with van der Waals surface area (Å²) >= 11 is 0. The first kappa shape index (κ1) is 26.1. The zero-order valence-corrected chi connectivity index (χ0v) is 23.2. The van der Waals surface area contributed by atoms with E-state index in [9.17, 15) is 9.59 Å². The second-order valence-corrected chi connectivity index (χ2v) is 11.1. The molecule has 2 fully saturated rings. The minimum atomic E-state index is -0.626. The first-order valence-corrected chi connectivity index (χ1v) is 13.7. The van der Waals surface area contributed by atoms with Gasteiger partial charge in [0.2, 0.25) is 11.8 Å². The standard InChI is InChI=1S/C28H34N8O4/c1-5-35-16-28(2,3)40-24-22(25(35)37)23(31-26(32-24)36-14-19-10-11-20(15-36)39-19)17-6-8-18(9-7-17)29-27(38)30-21-12-13-34(4)33-21/h6-9,12-13,19-20H,5,10-11,14-16H2,1-4H3,(H2,29,30,33,38). The molecule has 0 radical (unpaired) electrons. The third-order valence-electron chi connectivity index (χ3n) is 7.39. The van der Waals surface area contributed by atoms with Gasteiger partial charge in [-0.25, -0.2) is 9.78 Å². The predicted octanol–water partition coefficient (Wildman–Crippen LogP) is 3.52. The summed E-state index contributed by atoms with van der Waals surface area (Å²) in [5.41, 5.74) is 1.53. The van der Waals surface area contributed by atoms with E-state index in [1.165, 1.54) is 0 Å². The number of ether oxygens (including phenoxy) is 2. The number of aryl methyl sites for hydroxylation is 1. The van der Waals surface area contributed by atoms with Crippen LogP contribution in [0.3, 0.4) is 0 Å². The molecule has 3 aliphatic heterocycles. The van der Waals surface area contributed by atoms with Gasteiger partial charge < -0.3 is 24.6 Å². The van der Waals surface area contributed by atoms with Crippen LogP contribution in [0, 0.1) is 0 Å². The quantitative estimate of drug-likeness (QED) is 0.498. The second kappa shape index (κ2) is 10.1. The lowest BCUT2D eigenvalue weighted by atomic mass is 10.0. The van der Waals surface area contributed by atoms with E-state index in [4.69, 9.17) is 19.4 Å². The Morgan fingerprint density at radius 1 is 1.07 bits per heavy atom. The number of morpholine rings is 1. The fourth-order valence-corrected chi connectivity index (χ4v) is 5.53. The van der Waals surface area contributed by atoms with E-state index in [1.807, 2.05) is 32.9 Å². The molecule has 2 atom stereocenters. The van der Waals surface area contributed by atoms with E-state index in [2.05, 4.69) is 20.6 Å². The van der Waals surface area contributed by atoms with Crippen LogP contribution < -0.4 is 20.3 Å². The molecule has 2 N–H and O–H groups in total. The molecular weight excluding hydrogens is 512 g/mol. The number of rotatable bonds is 5. The summed E-state index contributed by atoms with van der Waals surface area (Å²) in [5.74, 6) is 1.11. The van der Waals surface area contributed by atoms with Gasteiger partial charge in [0.05, 0.1) is 24.4 Å². The van der Waals surface area contributed by atoms with Crippen LogP contribution in [0.15, 0.2) is 36.5 Å². The molecule has 12 heteroatoms. The number of hydrogen-bond acceptors (Lipinski definition) is 8. The van der Waals surface area contributed by atoms with E-state index in [1.54, 1.807) is 41.0 Å². The van der Waals surface area contributed by atoms with Crippen molar-refractivity contribution in [1.82, 2.24) is 24.6 Å². The Morgan fingerprint density at radius 2 is 1.80 bits per heavy atom. The highest BCUT2D eigenvalue weighted by atomic mass is 16.5. The lowest BCUT2D eigenvalue weighted by Gasteiger charge is -2.33. The number of nitrogens with one attached hydrogen (secondary N) is 2. The fourth-order valence-electron chi connectivity index (χ4n) is 5.53. The fraction of sp³-hybridized carbons (Fsp3) is 0.464. The van der Waals surface area contributed by atoms with Crippen molar-refractivity contribution in [3.8, 4) is 17.1 Å². The van der Waals surface area contributed by atoms with Crippen LogP contribution >= 0.6 is 0 Å². The highest BCUT2D eigenvalue weighted by molar-refractivity contribution is 6.03. The maximum absolute atomic E-state index is 13.8. The van der Waals surface area contributed by atoms with Crippen molar-refractivity contribution in [2.24, 2.45) is 7.05 Å². The molecule has 0 saturated carbocycles. The molecule has 1 aromatic carbocycles. The molecular formula is C28H34N8O4. The van der Waals surface area contributed by atoms with E-state index >= 15 is 0 Å². The number of carbonyl (C=O) groups excluding carboxylic acids is 2. The van der Waals surface area contributed by atoms with Crippen LogP contribution in [0.1, 0.15) is 44.0 Å². The number of aromatic nitrogens is 4. The van der Waals surface area contributed by atoms with Gasteiger partial charge in [-0.2, -0.15) is 10.1 Å². The molecule has 3 aliphatic rings. The summed E-state index contributed by atoms with van der Waals surface area (Å²) in [6.07, 6.45) is 4.10. The third-order valence-corrected chi connectivity index (χ3v) is 7.39. The number of anilines is 3. The predicted molar refractivity (Wildman–Crippen MR) is 150 cm³/mol. The van der Waals surface area contributed by atoms with Crippen molar-refractivity contribution in [2.45, 2.75) is 51.4 Å². The molecule has 0 aliphatic carbocycles. The first-order valence-electron chi connectivity index (χ1n) is 13.7. The van der Waals surface area contributed by atoms with Crippen molar-refractivity contribution in [2.75, 3.05) is 41.7 Å². The van der Waals surface area contributed by atoms with Gasteiger partial charge in [0.15, 0.2) is 5.82 Å². The SMILES string of the molecule is CCN1CC(C)(C)Oc2nc(N3CC4CCC(C3)O4)nc(-c3ccc(NC(=O)Nc4ccn(C)n4)cc3)c2C1=O. The molecule has 2 aromatic heterocycles. The van der Waals surface area contributed by atoms with Crippen molar-refractivity contribution in [3.05, 3.63) is 42.1 Å². The Morgan fingerprint density at radius 3 is 2.45 bits per heavy atom. The molecule has 3 amide bonds. The number of hydrogen-bond donors (Lipinski definition) is 2. The van der Waals surface area contributed by atoms with Crippen LogP contribution in [-0.2, 0) is 11.8 Å². The minimum absolute atomic E-state index is 0.154. The summed E-state index contributed by atoms with van der Waals surface area (Å²) in [5, 5.41) is 9.67. The monoisotopic (exact) mass is 546 g/mol. The van der Waals surface area contributed by atoms with Crippen molar-refractivity contribution in [3.63, 3.8) is 0 Å². The number of fused-ring (bicyclic) bond motifs is 3. The van der Waals surface area contributed by atoms with Gasteiger partial charge in [0.25, 0.3) is 5.91 Å². The number of amides is 3. The van der Waals surface area contributed by atoms with Crippen LogP contribution in [0.4, 0.5) is 22.2 Å². The van der Waals surface area contributed by atoms with Gasteiger partial charge in [-0.05, 0) is 45.7 Å². The Balaban J connectivity index is 1.35. The molecule has 40 heavy (non-hydrogen) atoms. The van der Waals surface area contributed by atoms with Gasteiger partial charge in [0, 0.05) is 50.2 Å². The zero-order valence-electron chi connectivity index (χ0n) is 23.2. The molecule has 5 heterocycles. The van der Waals surface area contributed by atoms with Gasteiger partial charge in [-0.1, -0.05) is 12.1 Å². The number of benzene rings is 1. The normalized spacial score (nSPS) is 21.4. The smallest absolute Gasteiger partial charge is 0.324 e. The Kier molecular flexibility index (Phi) is 6.57. The Hall–Kier alpha value is -4.19. The first-order chi connectivity index (χ1) is 19.2. The van der Waals surface area contributed by atoms with Crippen molar-refractivity contribution in [1.29, 1.82) is 0 Å². The molecule has 210 valence electrons.